The predicted octanol–water partition coefficient (Wildman–Crippen LogP) is 5.70. The van der Waals surface area contributed by atoms with Crippen molar-refractivity contribution in [3.63, 3.8) is 0 Å². The minimum Gasteiger partial charge on any atom is -0.495 e. The highest BCUT2D eigenvalue weighted by atomic mass is 79.9. The van der Waals surface area contributed by atoms with Crippen LogP contribution < -0.4 is 10.1 Å². The summed E-state index contributed by atoms with van der Waals surface area (Å²) >= 11 is 7.00. The first-order chi connectivity index (χ1) is 9.51. The summed E-state index contributed by atoms with van der Waals surface area (Å²) in [5, 5.41) is 3.53. The van der Waals surface area contributed by atoms with Crippen molar-refractivity contribution in [1.82, 2.24) is 0 Å². The minimum atomic E-state index is 0.196. The Bertz CT molecular complexity index is 613. The first-order valence-electron chi connectivity index (χ1n) is 6.37. The molecule has 0 saturated heterocycles. The van der Waals surface area contributed by atoms with Gasteiger partial charge >= 0.3 is 0 Å². The van der Waals surface area contributed by atoms with Gasteiger partial charge in [-0.25, -0.2) is 0 Å². The molecule has 2 aromatic rings. The third-order valence-corrected chi connectivity index (χ3v) is 4.14. The van der Waals surface area contributed by atoms with Gasteiger partial charge in [0.25, 0.3) is 0 Å². The van der Waals surface area contributed by atoms with Crippen molar-refractivity contribution in [2.45, 2.75) is 19.9 Å². The summed E-state index contributed by atoms with van der Waals surface area (Å²) in [6.07, 6.45) is 0. The summed E-state index contributed by atoms with van der Waals surface area (Å²) in [6.45, 7) is 4.21. The van der Waals surface area contributed by atoms with E-state index in [-0.39, 0.29) is 6.04 Å². The molecule has 2 aromatic carbocycles. The van der Waals surface area contributed by atoms with E-state index in [0.29, 0.717) is 0 Å². The smallest absolute Gasteiger partial charge is 0.143 e. The Hall–Kier alpha value is -1.00. The molecule has 106 valence electrons. The zero-order valence-corrected chi connectivity index (χ0v) is 14.9. The van der Waals surface area contributed by atoms with E-state index in [1.807, 2.05) is 18.2 Å². The van der Waals surface area contributed by atoms with Gasteiger partial charge in [-0.2, -0.15) is 0 Å². The number of hydrogen-bond acceptors (Lipinski definition) is 2. The Kier molecular flexibility index (Phi) is 5.11. The molecule has 0 aliphatic rings. The summed E-state index contributed by atoms with van der Waals surface area (Å²) in [7, 11) is 1.69. The highest BCUT2D eigenvalue weighted by Crippen LogP contribution is 2.34. The van der Waals surface area contributed by atoms with Gasteiger partial charge in [0.1, 0.15) is 5.75 Å². The first kappa shape index (κ1) is 15.4. The molecule has 0 spiro atoms. The van der Waals surface area contributed by atoms with Gasteiger partial charge in [0.2, 0.25) is 0 Å². The SMILES string of the molecule is COc1cc(Br)cc(C)c1NC(C)c1cccc(Br)c1. The quantitative estimate of drug-likeness (QED) is 0.712. The second kappa shape index (κ2) is 6.64. The molecule has 1 N–H and O–H groups in total. The molecule has 2 nitrogen and oxygen atoms in total. The average molecular weight is 399 g/mol. The second-order valence-electron chi connectivity index (χ2n) is 4.72. The maximum Gasteiger partial charge on any atom is 0.143 e. The molecule has 1 unspecified atom stereocenters. The molecule has 0 amide bonds. The molecule has 2 rings (SSSR count). The van der Waals surface area contributed by atoms with Crippen molar-refractivity contribution in [3.8, 4) is 5.75 Å². The predicted molar refractivity (Wildman–Crippen MR) is 91.6 cm³/mol. The van der Waals surface area contributed by atoms with Crippen LogP contribution in [-0.4, -0.2) is 7.11 Å². The zero-order valence-electron chi connectivity index (χ0n) is 11.7. The van der Waals surface area contributed by atoms with Crippen molar-refractivity contribution in [2.75, 3.05) is 12.4 Å². The molecule has 0 aliphatic heterocycles. The lowest BCUT2D eigenvalue weighted by atomic mass is 10.1. The fraction of sp³-hybridized carbons (Fsp3) is 0.250. The highest BCUT2D eigenvalue weighted by molar-refractivity contribution is 9.10. The van der Waals surface area contributed by atoms with E-state index >= 15 is 0 Å². The Balaban J connectivity index is 2.30. The standard InChI is InChI=1S/C16H17Br2NO/c1-10-7-14(18)9-15(20-3)16(10)19-11(2)12-5-4-6-13(17)8-12/h4-9,11,19H,1-3H3. The monoisotopic (exact) mass is 397 g/mol. The van der Waals surface area contributed by atoms with Gasteiger partial charge in [-0.3, -0.25) is 0 Å². The summed E-state index contributed by atoms with van der Waals surface area (Å²) in [5.74, 6) is 0.846. The Morgan fingerprint density at radius 3 is 2.50 bits per heavy atom. The Morgan fingerprint density at radius 1 is 1.10 bits per heavy atom. The summed E-state index contributed by atoms with van der Waals surface area (Å²) < 4.78 is 7.57. The normalized spacial score (nSPS) is 12.1. The van der Waals surface area contributed by atoms with Crippen molar-refractivity contribution in [1.29, 1.82) is 0 Å². The summed E-state index contributed by atoms with van der Waals surface area (Å²) in [5.41, 5.74) is 3.41. The molecule has 0 heterocycles. The number of anilines is 1. The van der Waals surface area contributed by atoms with Crippen LogP contribution in [0.5, 0.6) is 5.75 Å². The molecule has 0 fully saturated rings. The third kappa shape index (κ3) is 3.55. The van der Waals surface area contributed by atoms with Gasteiger partial charge in [0, 0.05) is 15.0 Å². The van der Waals surface area contributed by atoms with Crippen LogP contribution in [0.25, 0.3) is 0 Å². The third-order valence-electron chi connectivity index (χ3n) is 3.19. The molecule has 0 bridgehead atoms. The molecular weight excluding hydrogens is 382 g/mol. The molecule has 1 atom stereocenters. The van der Waals surface area contributed by atoms with Crippen LogP contribution in [0.3, 0.4) is 0 Å². The van der Waals surface area contributed by atoms with Crippen LogP contribution in [0.1, 0.15) is 24.1 Å². The average Bonchev–Trinajstić information content (AvgIpc) is 2.41. The van der Waals surface area contributed by atoms with Crippen LogP contribution in [-0.2, 0) is 0 Å². The molecule has 0 aromatic heterocycles. The molecule has 20 heavy (non-hydrogen) atoms. The van der Waals surface area contributed by atoms with Crippen LogP contribution in [0.2, 0.25) is 0 Å². The second-order valence-corrected chi connectivity index (χ2v) is 6.55. The van der Waals surface area contributed by atoms with E-state index in [1.54, 1.807) is 7.11 Å². The number of benzene rings is 2. The van der Waals surface area contributed by atoms with Gasteiger partial charge in [-0.15, -0.1) is 0 Å². The number of methoxy groups -OCH3 is 1. The van der Waals surface area contributed by atoms with Gasteiger partial charge in [0.05, 0.1) is 12.8 Å². The molecule has 0 radical (unpaired) electrons. The maximum atomic E-state index is 5.47. The van der Waals surface area contributed by atoms with Crippen molar-refractivity contribution in [3.05, 3.63) is 56.5 Å². The summed E-state index contributed by atoms with van der Waals surface area (Å²) in [4.78, 5) is 0. The number of ether oxygens (including phenoxy) is 1. The van der Waals surface area contributed by atoms with Gasteiger partial charge in [0.15, 0.2) is 0 Å². The molecule has 0 aliphatic carbocycles. The molecule has 4 heteroatoms. The number of hydrogen-bond donors (Lipinski definition) is 1. The number of rotatable bonds is 4. The van der Waals surface area contributed by atoms with Crippen molar-refractivity contribution >= 4 is 37.5 Å². The molecular formula is C16H17Br2NO. The Morgan fingerprint density at radius 2 is 1.85 bits per heavy atom. The van der Waals surface area contributed by atoms with E-state index in [4.69, 9.17) is 4.74 Å². The highest BCUT2D eigenvalue weighted by Gasteiger charge is 2.12. The first-order valence-corrected chi connectivity index (χ1v) is 7.96. The van der Waals surface area contributed by atoms with E-state index in [1.165, 1.54) is 5.56 Å². The lowest BCUT2D eigenvalue weighted by Gasteiger charge is -2.20. The largest absolute Gasteiger partial charge is 0.495 e. The topological polar surface area (TPSA) is 21.3 Å². The van der Waals surface area contributed by atoms with Gasteiger partial charge in [-0.05, 0) is 49.2 Å². The van der Waals surface area contributed by atoms with E-state index in [2.05, 4.69) is 69.2 Å². The van der Waals surface area contributed by atoms with Crippen molar-refractivity contribution in [2.24, 2.45) is 0 Å². The van der Waals surface area contributed by atoms with Crippen LogP contribution >= 0.6 is 31.9 Å². The fourth-order valence-corrected chi connectivity index (χ4v) is 3.10. The van der Waals surface area contributed by atoms with Gasteiger partial charge < -0.3 is 10.1 Å². The fourth-order valence-electron chi connectivity index (χ4n) is 2.13. The number of halogens is 2. The summed E-state index contributed by atoms with van der Waals surface area (Å²) in [6, 6.07) is 12.6. The zero-order chi connectivity index (χ0) is 14.7. The number of nitrogens with one attached hydrogen (secondary N) is 1. The maximum absolute atomic E-state index is 5.47. The lowest BCUT2D eigenvalue weighted by Crippen LogP contribution is -2.09. The Labute approximate surface area is 136 Å². The van der Waals surface area contributed by atoms with E-state index in [9.17, 15) is 0 Å². The minimum absolute atomic E-state index is 0.196. The van der Waals surface area contributed by atoms with Crippen molar-refractivity contribution < 1.29 is 4.74 Å². The van der Waals surface area contributed by atoms with E-state index < -0.39 is 0 Å². The lowest BCUT2D eigenvalue weighted by molar-refractivity contribution is 0.415. The van der Waals surface area contributed by atoms with E-state index in [0.717, 1.165) is 25.9 Å². The number of aryl methyl sites for hydroxylation is 1. The van der Waals surface area contributed by atoms with Crippen LogP contribution in [0, 0.1) is 6.92 Å². The molecule has 0 saturated carbocycles. The van der Waals surface area contributed by atoms with Crippen LogP contribution in [0.15, 0.2) is 45.3 Å². The van der Waals surface area contributed by atoms with Crippen LogP contribution in [0.4, 0.5) is 5.69 Å². The van der Waals surface area contributed by atoms with Gasteiger partial charge in [-0.1, -0.05) is 44.0 Å².